The van der Waals surface area contributed by atoms with Crippen LogP contribution in [0.3, 0.4) is 0 Å². The molecule has 10 aromatic rings. The second kappa shape index (κ2) is 13.8. The third-order valence-electron chi connectivity index (χ3n) is 14.3. The quantitative estimate of drug-likeness (QED) is 0.172. The van der Waals surface area contributed by atoms with Crippen molar-refractivity contribution >= 4 is 27.8 Å². The van der Waals surface area contributed by atoms with Gasteiger partial charge in [-0.15, -0.1) is 0 Å². The monoisotopic (exact) mass is 817 g/mol. The van der Waals surface area contributed by atoms with Gasteiger partial charge in [0.1, 0.15) is 11.5 Å². The van der Waals surface area contributed by atoms with Crippen LogP contribution in [0, 0.1) is 0 Å². The van der Waals surface area contributed by atoms with Crippen molar-refractivity contribution < 1.29 is 4.74 Å². The van der Waals surface area contributed by atoms with E-state index in [1.165, 1.54) is 72.0 Å². The Morgan fingerprint density at radius 1 is 0.359 bits per heavy atom. The molecule has 2 heteroatoms. The van der Waals surface area contributed by atoms with Crippen LogP contribution in [0.5, 0.6) is 11.5 Å². The Balaban J connectivity index is 1.03. The first-order valence-corrected chi connectivity index (χ1v) is 22.3. The predicted molar refractivity (Wildman–Crippen MR) is 264 cm³/mol. The summed E-state index contributed by atoms with van der Waals surface area (Å²) in [5, 5.41) is 2.44. The van der Waals surface area contributed by atoms with Crippen molar-refractivity contribution in [3.63, 3.8) is 0 Å². The van der Waals surface area contributed by atoms with Gasteiger partial charge in [0.15, 0.2) is 0 Å². The number of ether oxygens (including phenoxy) is 1. The highest BCUT2D eigenvalue weighted by molar-refractivity contribution is 6.05. The number of hydrogen-bond acceptors (Lipinski definition) is 2. The lowest BCUT2D eigenvalue weighted by molar-refractivity contribution is 0.436. The molecule has 0 aromatic heterocycles. The highest BCUT2D eigenvalue weighted by Crippen LogP contribution is 2.62. The van der Waals surface area contributed by atoms with Crippen molar-refractivity contribution in [3.8, 4) is 56.0 Å². The molecular formula is C62H43NO. The van der Waals surface area contributed by atoms with E-state index >= 15 is 0 Å². The third kappa shape index (κ3) is 5.14. The molecule has 64 heavy (non-hydrogen) atoms. The average Bonchev–Trinajstić information content (AvgIpc) is 3.77. The number of rotatable bonds is 5. The summed E-state index contributed by atoms with van der Waals surface area (Å²) >= 11 is 0. The highest BCUT2D eigenvalue weighted by atomic mass is 16.5. The van der Waals surface area contributed by atoms with Crippen molar-refractivity contribution in [2.24, 2.45) is 0 Å². The van der Waals surface area contributed by atoms with Crippen LogP contribution in [-0.4, -0.2) is 0 Å². The molecule has 0 unspecified atom stereocenters. The first-order valence-electron chi connectivity index (χ1n) is 22.3. The van der Waals surface area contributed by atoms with Crippen molar-refractivity contribution in [1.29, 1.82) is 0 Å². The van der Waals surface area contributed by atoms with Gasteiger partial charge in [0.2, 0.25) is 0 Å². The van der Waals surface area contributed by atoms with Gasteiger partial charge in [0.05, 0.1) is 11.1 Å². The Kier molecular flexibility index (Phi) is 7.90. The predicted octanol–water partition coefficient (Wildman–Crippen LogP) is 16.4. The Hall–Kier alpha value is -7.94. The summed E-state index contributed by atoms with van der Waals surface area (Å²) < 4.78 is 6.82. The maximum atomic E-state index is 6.82. The number of hydrogen-bond donors (Lipinski definition) is 0. The first-order chi connectivity index (χ1) is 31.5. The summed E-state index contributed by atoms with van der Waals surface area (Å²) in [7, 11) is 0. The standard InChI is InChI=1S/C62H43NO/c1-61(2)51-26-11-8-23-47(51)50-34-33-45(39-55(50)61)63(57-35-31-40-17-6-7-22-46(40)60(57)41-18-4-3-5-19-41)44-21-16-20-42(37-44)43-32-36-59-56(38-43)62(54-29-14-15-30-58(54)64-59)52-27-12-9-24-48(52)49-25-10-13-28-53(49)62/h3-39H,1-2H3. The Labute approximate surface area is 374 Å². The molecule has 0 fully saturated rings. The van der Waals surface area contributed by atoms with Crippen LogP contribution in [-0.2, 0) is 10.8 Å². The molecule has 13 rings (SSSR count). The lowest BCUT2D eigenvalue weighted by Crippen LogP contribution is -2.32. The van der Waals surface area contributed by atoms with Gasteiger partial charge in [-0.25, -0.2) is 0 Å². The Morgan fingerprint density at radius 3 is 1.72 bits per heavy atom. The van der Waals surface area contributed by atoms with Gasteiger partial charge < -0.3 is 9.64 Å². The number of fused-ring (bicyclic) bond motifs is 13. The number of para-hydroxylation sites is 1. The fourth-order valence-corrected chi connectivity index (χ4v) is 11.5. The summed E-state index contributed by atoms with van der Waals surface area (Å²) in [4.78, 5) is 2.49. The van der Waals surface area contributed by atoms with E-state index in [9.17, 15) is 0 Å². The molecule has 0 atom stereocenters. The van der Waals surface area contributed by atoms with E-state index in [1.54, 1.807) is 0 Å². The molecule has 2 nitrogen and oxygen atoms in total. The largest absolute Gasteiger partial charge is 0.457 e. The molecule has 302 valence electrons. The first kappa shape index (κ1) is 36.7. The van der Waals surface area contributed by atoms with E-state index in [1.807, 2.05) is 0 Å². The second-order valence-electron chi connectivity index (χ2n) is 18.0. The summed E-state index contributed by atoms with van der Waals surface area (Å²) in [6.07, 6.45) is 0. The summed E-state index contributed by atoms with van der Waals surface area (Å²) in [6.45, 7) is 4.73. The average molecular weight is 818 g/mol. The van der Waals surface area contributed by atoms with Crippen molar-refractivity contribution in [2.45, 2.75) is 24.7 Å². The maximum absolute atomic E-state index is 6.82. The minimum atomic E-state index is -0.540. The molecule has 1 spiro atoms. The number of anilines is 3. The molecule has 10 aromatic carbocycles. The number of benzene rings is 10. The maximum Gasteiger partial charge on any atom is 0.132 e. The van der Waals surface area contributed by atoms with E-state index in [0.717, 1.165) is 45.3 Å². The zero-order chi connectivity index (χ0) is 42.6. The zero-order valence-corrected chi connectivity index (χ0v) is 35.7. The van der Waals surface area contributed by atoms with E-state index in [2.05, 4.69) is 243 Å². The van der Waals surface area contributed by atoms with Gasteiger partial charge in [-0.2, -0.15) is 0 Å². The second-order valence-corrected chi connectivity index (χ2v) is 18.0. The third-order valence-corrected chi connectivity index (χ3v) is 14.3. The molecule has 3 aliphatic rings. The molecule has 0 saturated carbocycles. The van der Waals surface area contributed by atoms with Gasteiger partial charge in [0, 0.05) is 33.5 Å². The van der Waals surface area contributed by atoms with Gasteiger partial charge in [0.25, 0.3) is 0 Å². The fraction of sp³-hybridized carbons (Fsp3) is 0.0645. The molecule has 1 heterocycles. The van der Waals surface area contributed by atoms with Crippen LogP contribution >= 0.6 is 0 Å². The minimum absolute atomic E-state index is 0.154. The molecule has 0 saturated heterocycles. The molecule has 0 bridgehead atoms. The summed E-state index contributed by atoms with van der Waals surface area (Å²) in [6, 6.07) is 82.7. The lowest BCUT2D eigenvalue weighted by Gasteiger charge is -2.39. The van der Waals surface area contributed by atoms with E-state index in [0.29, 0.717) is 0 Å². The van der Waals surface area contributed by atoms with Crippen LogP contribution < -0.4 is 9.64 Å². The molecule has 0 N–H and O–H groups in total. The smallest absolute Gasteiger partial charge is 0.132 e. The molecular weight excluding hydrogens is 775 g/mol. The van der Waals surface area contributed by atoms with E-state index in [-0.39, 0.29) is 5.41 Å². The van der Waals surface area contributed by atoms with E-state index < -0.39 is 5.41 Å². The summed E-state index contributed by atoms with van der Waals surface area (Å²) in [5.74, 6) is 1.79. The van der Waals surface area contributed by atoms with Crippen LogP contribution in [0.4, 0.5) is 17.1 Å². The van der Waals surface area contributed by atoms with Gasteiger partial charge in [-0.05, 0) is 121 Å². The lowest BCUT2D eigenvalue weighted by atomic mass is 9.66. The van der Waals surface area contributed by atoms with Crippen LogP contribution in [0.2, 0.25) is 0 Å². The fourth-order valence-electron chi connectivity index (χ4n) is 11.5. The molecule has 2 aliphatic carbocycles. The van der Waals surface area contributed by atoms with Gasteiger partial charge in [-0.1, -0.05) is 190 Å². The van der Waals surface area contributed by atoms with Crippen molar-refractivity contribution in [3.05, 3.63) is 258 Å². The highest BCUT2D eigenvalue weighted by Gasteiger charge is 2.51. The van der Waals surface area contributed by atoms with Crippen LogP contribution in [0.1, 0.15) is 47.2 Å². The van der Waals surface area contributed by atoms with E-state index in [4.69, 9.17) is 4.74 Å². The van der Waals surface area contributed by atoms with Crippen LogP contribution in [0.15, 0.2) is 224 Å². The van der Waals surface area contributed by atoms with Crippen LogP contribution in [0.25, 0.3) is 55.3 Å². The Bertz CT molecular complexity index is 3480. The van der Waals surface area contributed by atoms with Gasteiger partial charge in [-0.3, -0.25) is 0 Å². The van der Waals surface area contributed by atoms with Crippen molar-refractivity contribution in [2.75, 3.05) is 4.90 Å². The van der Waals surface area contributed by atoms with Gasteiger partial charge >= 0.3 is 0 Å². The molecule has 0 amide bonds. The summed E-state index contributed by atoms with van der Waals surface area (Å²) in [5.41, 5.74) is 20.1. The normalized spacial score (nSPS) is 14.2. The topological polar surface area (TPSA) is 12.5 Å². The SMILES string of the molecule is CC1(C)c2ccccc2-c2ccc(N(c3cccc(-c4ccc5c(c4)C4(c6ccccc6O5)c5ccccc5-c5ccccc54)c3)c3ccc4ccccc4c3-c3ccccc3)cc21. The minimum Gasteiger partial charge on any atom is -0.457 e. The number of nitrogens with zero attached hydrogens (tertiary/aromatic N) is 1. The Morgan fingerprint density at radius 2 is 0.938 bits per heavy atom. The molecule has 0 radical (unpaired) electrons. The molecule has 1 aliphatic heterocycles. The van der Waals surface area contributed by atoms with Crippen molar-refractivity contribution in [1.82, 2.24) is 0 Å². The zero-order valence-electron chi connectivity index (χ0n) is 35.7.